The van der Waals surface area contributed by atoms with Crippen LogP contribution in [-0.2, 0) is 0 Å². The molecule has 70 valence electrons. The highest BCUT2D eigenvalue weighted by Gasteiger charge is 2.12. The normalized spacial score (nSPS) is 9.62. The lowest BCUT2D eigenvalue weighted by atomic mass is 10.3. The summed E-state index contributed by atoms with van der Waals surface area (Å²) in [6.45, 7) is 1.66. The first kappa shape index (κ1) is 9.53. The summed E-state index contributed by atoms with van der Waals surface area (Å²) in [6, 6.07) is 0.872. The molecule has 5 nitrogen and oxygen atoms in total. The van der Waals surface area contributed by atoms with Crippen molar-refractivity contribution in [3.05, 3.63) is 16.5 Å². The second-order valence-electron chi connectivity index (χ2n) is 2.42. The minimum absolute atomic E-state index is 0.212. The zero-order valence-electron chi connectivity index (χ0n) is 6.83. The maximum atomic E-state index is 10.6. The zero-order chi connectivity index (χ0) is 10.0. The van der Waals surface area contributed by atoms with Gasteiger partial charge in [-0.25, -0.2) is 9.59 Å². The zero-order valence-corrected chi connectivity index (χ0v) is 7.64. The van der Waals surface area contributed by atoms with Crippen molar-refractivity contribution in [2.45, 2.75) is 6.92 Å². The van der Waals surface area contributed by atoms with Crippen LogP contribution in [0.3, 0.4) is 0 Å². The Hall–Kier alpha value is -1.56. The molecule has 0 aliphatic heterocycles. The molecule has 0 atom stereocenters. The van der Waals surface area contributed by atoms with Gasteiger partial charge in [0.1, 0.15) is 4.88 Å². The fourth-order valence-corrected chi connectivity index (χ4v) is 1.79. The third kappa shape index (κ3) is 2.19. The van der Waals surface area contributed by atoms with Crippen molar-refractivity contribution in [1.82, 2.24) is 0 Å². The third-order valence-corrected chi connectivity index (χ3v) is 2.50. The quantitative estimate of drug-likeness (QED) is 0.670. The van der Waals surface area contributed by atoms with E-state index in [1.165, 1.54) is 0 Å². The van der Waals surface area contributed by atoms with Gasteiger partial charge in [0.25, 0.3) is 0 Å². The summed E-state index contributed by atoms with van der Waals surface area (Å²) in [5.74, 6) is -1.000. The largest absolute Gasteiger partial charge is 0.477 e. The van der Waals surface area contributed by atoms with Crippen LogP contribution in [0.25, 0.3) is 0 Å². The van der Waals surface area contributed by atoms with Crippen LogP contribution in [0.1, 0.15) is 15.2 Å². The number of carboxylic acid groups (broad SMARTS) is 1. The van der Waals surface area contributed by atoms with E-state index in [9.17, 15) is 9.59 Å². The van der Waals surface area contributed by atoms with Crippen molar-refractivity contribution >= 4 is 28.3 Å². The summed E-state index contributed by atoms with van der Waals surface area (Å²) in [4.78, 5) is 21.2. The number of primary amides is 1. The van der Waals surface area contributed by atoms with Crippen molar-refractivity contribution in [2.24, 2.45) is 5.73 Å². The molecule has 1 rings (SSSR count). The summed E-state index contributed by atoms with van der Waals surface area (Å²) >= 11 is 0.984. The molecule has 0 aliphatic carbocycles. The number of nitrogens with two attached hydrogens (primary N) is 1. The summed E-state index contributed by atoms with van der Waals surface area (Å²) in [5, 5.41) is 11.4. The topological polar surface area (TPSA) is 92.4 Å². The maximum Gasteiger partial charge on any atom is 0.346 e. The van der Waals surface area contributed by atoms with Gasteiger partial charge in [0.15, 0.2) is 0 Å². The van der Waals surface area contributed by atoms with E-state index in [0.29, 0.717) is 10.6 Å². The number of aromatic carboxylic acids is 1. The number of carbonyl (C=O) groups excluding carboxylic acids is 1. The number of rotatable bonds is 2. The first-order valence-corrected chi connectivity index (χ1v) is 4.22. The molecule has 0 unspecified atom stereocenters. The minimum Gasteiger partial charge on any atom is -0.477 e. The SMILES string of the molecule is Cc1cc(NC(N)=O)sc1C(=O)O. The molecule has 1 aromatic heterocycles. The van der Waals surface area contributed by atoms with Crippen LogP contribution in [0, 0.1) is 6.92 Å². The van der Waals surface area contributed by atoms with Crippen LogP contribution in [0.2, 0.25) is 0 Å². The Morgan fingerprint density at radius 1 is 1.62 bits per heavy atom. The molecule has 13 heavy (non-hydrogen) atoms. The highest BCUT2D eigenvalue weighted by molar-refractivity contribution is 7.18. The van der Waals surface area contributed by atoms with Gasteiger partial charge in [0, 0.05) is 0 Å². The molecule has 1 heterocycles. The lowest BCUT2D eigenvalue weighted by Gasteiger charge is -1.93. The molecule has 0 spiro atoms. The Balaban J connectivity index is 2.95. The molecular weight excluding hydrogens is 192 g/mol. The number of anilines is 1. The number of thiophene rings is 1. The molecule has 0 radical (unpaired) electrons. The number of hydrogen-bond donors (Lipinski definition) is 3. The standard InChI is InChI=1S/C7H8N2O3S/c1-3-2-4(9-7(8)12)13-5(3)6(10)11/h2H,1H3,(H,10,11)(H3,8,9,12). The molecule has 0 fully saturated rings. The van der Waals surface area contributed by atoms with Crippen LogP contribution >= 0.6 is 11.3 Å². The molecule has 0 saturated carbocycles. The van der Waals surface area contributed by atoms with Crippen molar-refractivity contribution in [2.75, 3.05) is 5.32 Å². The summed E-state index contributed by atoms with van der Waals surface area (Å²) in [5.41, 5.74) is 5.48. The minimum atomic E-state index is -1.000. The Labute approximate surface area is 78.2 Å². The van der Waals surface area contributed by atoms with E-state index in [4.69, 9.17) is 10.8 Å². The Morgan fingerprint density at radius 2 is 2.23 bits per heavy atom. The average molecular weight is 200 g/mol. The number of carbonyl (C=O) groups is 2. The number of amides is 2. The fourth-order valence-electron chi connectivity index (χ4n) is 0.877. The summed E-state index contributed by atoms with van der Waals surface area (Å²) in [6.07, 6.45) is 0. The first-order valence-electron chi connectivity index (χ1n) is 3.41. The number of carboxylic acids is 1. The van der Waals surface area contributed by atoms with Crippen LogP contribution in [0.15, 0.2) is 6.07 Å². The lowest BCUT2D eigenvalue weighted by Crippen LogP contribution is -2.18. The van der Waals surface area contributed by atoms with Gasteiger partial charge in [-0.05, 0) is 18.6 Å². The Morgan fingerprint density at radius 3 is 2.62 bits per heavy atom. The van der Waals surface area contributed by atoms with E-state index in [-0.39, 0.29) is 4.88 Å². The van der Waals surface area contributed by atoms with E-state index in [0.717, 1.165) is 11.3 Å². The van der Waals surface area contributed by atoms with Crippen LogP contribution in [0.5, 0.6) is 0 Å². The van der Waals surface area contributed by atoms with Gasteiger partial charge in [0.2, 0.25) is 0 Å². The van der Waals surface area contributed by atoms with Gasteiger partial charge in [-0.2, -0.15) is 0 Å². The predicted molar refractivity (Wildman–Crippen MR) is 49.2 cm³/mol. The molecule has 0 aliphatic rings. The van der Waals surface area contributed by atoms with Crippen molar-refractivity contribution in [3.63, 3.8) is 0 Å². The van der Waals surface area contributed by atoms with Crippen LogP contribution < -0.4 is 11.1 Å². The molecular formula is C7H8N2O3S. The molecule has 4 N–H and O–H groups in total. The maximum absolute atomic E-state index is 10.6. The monoisotopic (exact) mass is 200 g/mol. The van der Waals surface area contributed by atoms with Crippen molar-refractivity contribution < 1.29 is 14.7 Å². The Kier molecular flexibility index (Phi) is 2.52. The average Bonchev–Trinajstić information content (AvgIpc) is 2.29. The second-order valence-corrected chi connectivity index (χ2v) is 3.47. The Bertz CT molecular complexity index is 359. The van der Waals surface area contributed by atoms with Gasteiger partial charge in [-0.15, -0.1) is 11.3 Å². The van der Waals surface area contributed by atoms with Gasteiger partial charge < -0.3 is 10.8 Å². The van der Waals surface area contributed by atoms with Gasteiger partial charge in [-0.1, -0.05) is 0 Å². The van der Waals surface area contributed by atoms with E-state index < -0.39 is 12.0 Å². The third-order valence-electron chi connectivity index (χ3n) is 1.36. The van der Waals surface area contributed by atoms with E-state index in [2.05, 4.69) is 5.32 Å². The number of hydrogen-bond acceptors (Lipinski definition) is 3. The fraction of sp³-hybridized carbons (Fsp3) is 0.143. The smallest absolute Gasteiger partial charge is 0.346 e. The first-order chi connectivity index (χ1) is 6.00. The van der Waals surface area contributed by atoms with Gasteiger partial charge >= 0.3 is 12.0 Å². The van der Waals surface area contributed by atoms with E-state index in [1.807, 2.05) is 0 Å². The van der Waals surface area contributed by atoms with E-state index >= 15 is 0 Å². The second kappa shape index (κ2) is 3.44. The predicted octanol–water partition coefficient (Wildman–Crippen LogP) is 1.25. The number of nitrogens with one attached hydrogen (secondary N) is 1. The van der Waals surface area contributed by atoms with Crippen molar-refractivity contribution in [1.29, 1.82) is 0 Å². The molecule has 0 aromatic carbocycles. The highest BCUT2D eigenvalue weighted by atomic mass is 32.1. The molecule has 0 bridgehead atoms. The number of urea groups is 1. The van der Waals surface area contributed by atoms with E-state index in [1.54, 1.807) is 13.0 Å². The van der Waals surface area contributed by atoms with Gasteiger partial charge in [-0.3, -0.25) is 5.32 Å². The van der Waals surface area contributed by atoms with Crippen LogP contribution in [-0.4, -0.2) is 17.1 Å². The summed E-state index contributed by atoms with van der Waals surface area (Å²) in [7, 11) is 0. The molecule has 0 saturated heterocycles. The summed E-state index contributed by atoms with van der Waals surface area (Å²) < 4.78 is 0. The van der Waals surface area contributed by atoms with Crippen molar-refractivity contribution in [3.8, 4) is 0 Å². The molecule has 6 heteroatoms. The van der Waals surface area contributed by atoms with Gasteiger partial charge in [0.05, 0.1) is 5.00 Å². The number of aryl methyl sites for hydroxylation is 1. The molecule has 1 aromatic rings. The highest BCUT2D eigenvalue weighted by Crippen LogP contribution is 2.26. The lowest BCUT2D eigenvalue weighted by molar-refractivity contribution is 0.0701. The van der Waals surface area contributed by atoms with Crippen LogP contribution in [0.4, 0.5) is 9.80 Å². The molecule has 2 amide bonds.